The van der Waals surface area contributed by atoms with Gasteiger partial charge in [0, 0.05) is 17.9 Å². The van der Waals surface area contributed by atoms with E-state index in [9.17, 15) is 14.4 Å². The van der Waals surface area contributed by atoms with Crippen LogP contribution in [0.1, 0.15) is 42.1 Å². The van der Waals surface area contributed by atoms with Crippen molar-refractivity contribution in [1.82, 2.24) is 0 Å². The number of Topliss-reactive ketones (excluding diaryl/α,β-unsaturated/α-hetero) is 1. The molecule has 0 fully saturated rings. The number of benzene rings is 2. The number of ketones is 1. The lowest BCUT2D eigenvalue weighted by Gasteiger charge is -2.24. The molecular formula is C22H23ClO5. The standard InChI is InChI=1S/C22H23ClO5/c1-3-27-21(25)20(22(26)28-4-2)17(15-10-6-5-7-11-15)14-19(24)16-12-8-9-13-18(16)23/h5-13,17,20H,3-4,14H2,1-2H3. The van der Waals surface area contributed by atoms with Gasteiger partial charge in [0.25, 0.3) is 0 Å². The number of carbonyl (C=O) groups is 3. The molecule has 0 saturated heterocycles. The van der Waals surface area contributed by atoms with Crippen molar-refractivity contribution in [2.24, 2.45) is 5.92 Å². The average molecular weight is 403 g/mol. The fourth-order valence-corrected chi connectivity index (χ4v) is 3.26. The third kappa shape index (κ3) is 5.42. The maximum absolute atomic E-state index is 12.9. The summed E-state index contributed by atoms with van der Waals surface area (Å²) >= 11 is 6.15. The van der Waals surface area contributed by atoms with Gasteiger partial charge in [-0.15, -0.1) is 0 Å². The Kier molecular flexibility index (Phi) is 8.20. The van der Waals surface area contributed by atoms with E-state index in [1.807, 2.05) is 6.07 Å². The van der Waals surface area contributed by atoms with Crippen LogP contribution in [0.15, 0.2) is 54.6 Å². The fraction of sp³-hybridized carbons (Fsp3) is 0.318. The molecule has 5 nitrogen and oxygen atoms in total. The van der Waals surface area contributed by atoms with E-state index in [-0.39, 0.29) is 25.4 Å². The van der Waals surface area contributed by atoms with Crippen LogP contribution >= 0.6 is 11.6 Å². The zero-order chi connectivity index (χ0) is 20.5. The minimum Gasteiger partial charge on any atom is -0.465 e. The summed E-state index contributed by atoms with van der Waals surface area (Å²) in [7, 11) is 0. The van der Waals surface area contributed by atoms with Gasteiger partial charge in [0.15, 0.2) is 11.7 Å². The molecule has 0 aliphatic rings. The lowest BCUT2D eigenvalue weighted by Crippen LogP contribution is -2.34. The van der Waals surface area contributed by atoms with E-state index in [4.69, 9.17) is 21.1 Å². The van der Waals surface area contributed by atoms with Crippen LogP contribution < -0.4 is 0 Å². The monoisotopic (exact) mass is 402 g/mol. The van der Waals surface area contributed by atoms with Crippen molar-refractivity contribution < 1.29 is 23.9 Å². The minimum atomic E-state index is -1.24. The Morgan fingerprint density at radius 1 is 0.857 bits per heavy atom. The second kappa shape index (κ2) is 10.6. The highest BCUT2D eigenvalue weighted by atomic mass is 35.5. The number of ether oxygens (including phenoxy) is 2. The first-order valence-electron chi connectivity index (χ1n) is 9.15. The maximum atomic E-state index is 12.9. The summed E-state index contributed by atoms with van der Waals surface area (Å²) in [4.78, 5) is 38.1. The summed E-state index contributed by atoms with van der Waals surface area (Å²) in [5.74, 6) is -3.65. The third-order valence-electron chi connectivity index (χ3n) is 4.29. The van der Waals surface area contributed by atoms with Gasteiger partial charge in [-0.25, -0.2) is 0 Å². The molecule has 0 bridgehead atoms. The highest BCUT2D eigenvalue weighted by Crippen LogP contribution is 2.33. The third-order valence-corrected chi connectivity index (χ3v) is 4.62. The molecule has 1 atom stereocenters. The minimum absolute atomic E-state index is 0.0873. The average Bonchev–Trinajstić information content (AvgIpc) is 2.69. The first-order valence-corrected chi connectivity index (χ1v) is 9.53. The molecule has 6 heteroatoms. The van der Waals surface area contributed by atoms with Gasteiger partial charge in [0.1, 0.15) is 0 Å². The molecule has 0 saturated carbocycles. The van der Waals surface area contributed by atoms with Crippen molar-refractivity contribution in [3.05, 3.63) is 70.7 Å². The molecule has 0 spiro atoms. The number of carbonyl (C=O) groups excluding carboxylic acids is 3. The lowest BCUT2D eigenvalue weighted by molar-refractivity contribution is -0.162. The molecule has 0 N–H and O–H groups in total. The number of rotatable bonds is 9. The number of hydrogen-bond donors (Lipinski definition) is 0. The largest absolute Gasteiger partial charge is 0.465 e. The van der Waals surface area contributed by atoms with Gasteiger partial charge in [-0.3, -0.25) is 14.4 Å². The Morgan fingerprint density at radius 3 is 1.93 bits per heavy atom. The van der Waals surface area contributed by atoms with Crippen LogP contribution in [0.4, 0.5) is 0 Å². The Hall–Kier alpha value is -2.66. The number of halogens is 1. The number of esters is 2. The molecule has 2 aromatic carbocycles. The molecule has 28 heavy (non-hydrogen) atoms. The van der Waals surface area contributed by atoms with Gasteiger partial charge in [0.05, 0.1) is 18.2 Å². The van der Waals surface area contributed by atoms with Gasteiger partial charge < -0.3 is 9.47 Å². The van der Waals surface area contributed by atoms with Crippen molar-refractivity contribution in [1.29, 1.82) is 0 Å². The van der Waals surface area contributed by atoms with Crippen LogP contribution in [0.5, 0.6) is 0 Å². The molecule has 0 amide bonds. The number of hydrogen-bond acceptors (Lipinski definition) is 5. The Balaban J connectivity index is 2.44. The van der Waals surface area contributed by atoms with Gasteiger partial charge >= 0.3 is 11.9 Å². The Labute approximate surface area is 169 Å². The van der Waals surface area contributed by atoms with Crippen molar-refractivity contribution in [3.63, 3.8) is 0 Å². The van der Waals surface area contributed by atoms with Crippen LogP contribution in [-0.4, -0.2) is 30.9 Å². The first-order chi connectivity index (χ1) is 13.5. The highest BCUT2D eigenvalue weighted by Gasteiger charge is 2.39. The molecule has 2 rings (SSSR count). The van der Waals surface area contributed by atoms with Crippen LogP contribution in [0, 0.1) is 5.92 Å². The van der Waals surface area contributed by atoms with E-state index in [1.54, 1.807) is 62.4 Å². The molecule has 0 heterocycles. The molecule has 0 aromatic heterocycles. The van der Waals surface area contributed by atoms with Gasteiger partial charge in [-0.05, 0) is 31.5 Å². The highest BCUT2D eigenvalue weighted by molar-refractivity contribution is 6.34. The van der Waals surface area contributed by atoms with Gasteiger partial charge in [-0.2, -0.15) is 0 Å². The Bertz CT molecular complexity index is 801. The summed E-state index contributed by atoms with van der Waals surface area (Å²) in [5, 5.41) is 0.322. The van der Waals surface area contributed by atoms with Crippen LogP contribution in [0.3, 0.4) is 0 Å². The van der Waals surface area contributed by atoms with Crippen LogP contribution in [-0.2, 0) is 19.1 Å². The van der Waals surface area contributed by atoms with E-state index >= 15 is 0 Å². The van der Waals surface area contributed by atoms with Crippen molar-refractivity contribution in [2.75, 3.05) is 13.2 Å². The smallest absolute Gasteiger partial charge is 0.320 e. The predicted molar refractivity (Wildman–Crippen MR) is 106 cm³/mol. The lowest BCUT2D eigenvalue weighted by atomic mass is 9.81. The van der Waals surface area contributed by atoms with E-state index in [0.29, 0.717) is 16.1 Å². The second-order valence-electron chi connectivity index (χ2n) is 6.11. The topological polar surface area (TPSA) is 69.7 Å². The zero-order valence-electron chi connectivity index (χ0n) is 15.9. The summed E-state index contributed by atoms with van der Waals surface area (Å²) in [6, 6.07) is 15.6. The Morgan fingerprint density at radius 2 is 1.39 bits per heavy atom. The van der Waals surface area contributed by atoms with E-state index in [0.717, 1.165) is 0 Å². The summed E-state index contributed by atoms with van der Waals surface area (Å²) < 4.78 is 10.2. The quantitative estimate of drug-likeness (QED) is 0.352. The second-order valence-corrected chi connectivity index (χ2v) is 6.51. The van der Waals surface area contributed by atoms with Crippen molar-refractivity contribution in [3.8, 4) is 0 Å². The molecule has 2 aromatic rings. The van der Waals surface area contributed by atoms with Gasteiger partial charge in [-0.1, -0.05) is 54.1 Å². The van der Waals surface area contributed by atoms with Crippen molar-refractivity contribution >= 4 is 29.3 Å². The van der Waals surface area contributed by atoms with Crippen LogP contribution in [0.2, 0.25) is 5.02 Å². The summed E-state index contributed by atoms with van der Waals surface area (Å²) in [5.41, 5.74) is 1.02. The van der Waals surface area contributed by atoms with Gasteiger partial charge in [0.2, 0.25) is 0 Å². The van der Waals surface area contributed by atoms with Crippen molar-refractivity contribution in [2.45, 2.75) is 26.2 Å². The molecule has 0 aliphatic heterocycles. The summed E-state index contributed by atoms with van der Waals surface area (Å²) in [6.07, 6.45) is -0.0873. The maximum Gasteiger partial charge on any atom is 0.320 e. The SMILES string of the molecule is CCOC(=O)C(C(=O)OCC)C(CC(=O)c1ccccc1Cl)c1ccccc1. The molecule has 0 radical (unpaired) electrons. The first kappa shape index (κ1) is 21.6. The van der Waals surface area contributed by atoms with E-state index in [1.165, 1.54) is 0 Å². The fourth-order valence-electron chi connectivity index (χ4n) is 3.01. The zero-order valence-corrected chi connectivity index (χ0v) is 16.6. The van der Waals surface area contributed by atoms with E-state index < -0.39 is 23.8 Å². The predicted octanol–water partition coefficient (Wildman–Crippen LogP) is 4.44. The van der Waals surface area contributed by atoms with E-state index in [2.05, 4.69) is 0 Å². The molecule has 0 aliphatic carbocycles. The molecule has 1 unspecified atom stereocenters. The molecular weight excluding hydrogens is 380 g/mol. The normalized spacial score (nSPS) is 11.7. The molecule has 148 valence electrons. The summed E-state index contributed by atoms with van der Waals surface area (Å²) in [6.45, 7) is 3.56. The van der Waals surface area contributed by atoms with Crippen LogP contribution in [0.25, 0.3) is 0 Å².